The van der Waals surface area contributed by atoms with Gasteiger partial charge in [-0.05, 0) is 6.07 Å². The lowest BCUT2D eigenvalue weighted by atomic mass is 10.6. The van der Waals surface area contributed by atoms with E-state index in [-0.39, 0.29) is 0 Å². The Morgan fingerprint density at radius 2 is 2.25 bits per heavy atom. The number of nitriles is 1. The van der Waals surface area contributed by atoms with Crippen LogP contribution in [0.15, 0.2) is 35.8 Å². The maximum atomic E-state index is 8.19. The van der Waals surface area contributed by atoms with E-state index in [0.29, 0.717) is 0 Å². The number of hydrogen-bond donors (Lipinski definition) is 0. The summed E-state index contributed by atoms with van der Waals surface area (Å²) in [5, 5.41) is 8.92. The van der Waals surface area contributed by atoms with Gasteiger partial charge in [-0.2, -0.15) is 5.26 Å². The van der Waals surface area contributed by atoms with Crippen LogP contribution >= 0.6 is 11.8 Å². The summed E-state index contributed by atoms with van der Waals surface area (Å²) in [4.78, 5) is 8.02. The smallest absolute Gasteiger partial charge is 0.187 e. The van der Waals surface area contributed by atoms with Gasteiger partial charge < -0.3 is 0 Å². The standard InChI is InChI=1S/C8H7N3S/c9-4-1-2-7-12-8-10-5-3-6-11-8/h1-3,5-6H,7H2/b2-1+. The van der Waals surface area contributed by atoms with Crippen LogP contribution < -0.4 is 0 Å². The number of aromatic nitrogens is 2. The Morgan fingerprint density at radius 3 is 2.92 bits per heavy atom. The zero-order chi connectivity index (χ0) is 8.65. The van der Waals surface area contributed by atoms with Crippen LogP contribution in [-0.4, -0.2) is 15.7 Å². The fourth-order valence-corrected chi connectivity index (χ4v) is 1.20. The monoisotopic (exact) mass is 177 g/mol. The number of allylic oxidation sites excluding steroid dienone is 1. The van der Waals surface area contributed by atoms with Gasteiger partial charge in [0.05, 0.1) is 6.07 Å². The summed E-state index contributed by atoms with van der Waals surface area (Å²) < 4.78 is 0. The molecule has 3 nitrogen and oxygen atoms in total. The average Bonchev–Trinajstić information content (AvgIpc) is 2.14. The zero-order valence-electron chi connectivity index (χ0n) is 6.34. The normalized spacial score (nSPS) is 9.92. The minimum atomic E-state index is 0.734. The first kappa shape index (κ1) is 8.75. The second kappa shape index (κ2) is 5.33. The van der Waals surface area contributed by atoms with E-state index in [1.807, 2.05) is 6.07 Å². The predicted octanol–water partition coefficient (Wildman–Crippen LogP) is 1.65. The van der Waals surface area contributed by atoms with E-state index in [1.165, 1.54) is 17.8 Å². The van der Waals surface area contributed by atoms with Gasteiger partial charge in [0.25, 0.3) is 0 Å². The van der Waals surface area contributed by atoms with E-state index in [2.05, 4.69) is 9.97 Å². The third kappa shape index (κ3) is 3.17. The Morgan fingerprint density at radius 1 is 1.50 bits per heavy atom. The first-order valence-corrected chi connectivity index (χ1v) is 4.36. The lowest BCUT2D eigenvalue weighted by molar-refractivity contribution is 0.969. The molecule has 12 heavy (non-hydrogen) atoms. The first-order chi connectivity index (χ1) is 5.93. The molecule has 0 atom stereocenters. The molecule has 0 saturated heterocycles. The van der Waals surface area contributed by atoms with Crippen molar-refractivity contribution in [3.05, 3.63) is 30.6 Å². The Hall–Kier alpha value is -1.34. The molecule has 1 aromatic rings. The molecule has 1 heterocycles. The van der Waals surface area contributed by atoms with Crippen molar-refractivity contribution in [1.29, 1.82) is 5.26 Å². The van der Waals surface area contributed by atoms with Crippen LogP contribution in [-0.2, 0) is 0 Å². The van der Waals surface area contributed by atoms with Gasteiger partial charge in [0, 0.05) is 24.2 Å². The molecule has 0 aliphatic carbocycles. The van der Waals surface area contributed by atoms with Gasteiger partial charge in [-0.3, -0.25) is 0 Å². The van der Waals surface area contributed by atoms with Gasteiger partial charge >= 0.3 is 0 Å². The fourth-order valence-electron chi connectivity index (χ4n) is 0.583. The summed E-state index contributed by atoms with van der Waals surface area (Å²) >= 11 is 1.50. The van der Waals surface area contributed by atoms with Crippen molar-refractivity contribution in [2.45, 2.75) is 5.16 Å². The summed E-state index contributed by atoms with van der Waals surface area (Å²) in [6.45, 7) is 0. The first-order valence-electron chi connectivity index (χ1n) is 3.38. The lowest BCUT2D eigenvalue weighted by Gasteiger charge is -1.92. The van der Waals surface area contributed by atoms with Crippen molar-refractivity contribution >= 4 is 11.8 Å². The topological polar surface area (TPSA) is 49.6 Å². The molecule has 1 aromatic heterocycles. The summed E-state index contributed by atoms with van der Waals surface area (Å²) in [7, 11) is 0. The average molecular weight is 177 g/mol. The molecule has 0 bridgehead atoms. The molecule has 0 N–H and O–H groups in total. The quantitative estimate of drug-likeness (QED) is 0.400. The molecule has 0 aliphatic heterocycles. The predicted molar refractivity (Wildman–Crippen MR) is 47.5 cm³/mol. The van der Waals surface area contributed by atoms with Gasteiger partial charge in [0.15, 0.2) is 5.16 Å². The summed E-state index contributed by atoms with van der Waals surface area (Å²) in [6, 6.07) is 3.69. The molecule has 0 saturated carbocycles. The van der Waals surface area contributed by atoms with E-state index in [0.717, 1.165) is 10.9 Å². The number of nitrogens with zero attached hydrogens (tertiary/aromatic N) is 3. The highest BCUT2D eigenvalue weighted by Crippen LogP contribution is 2.09. The summed E-state index contributed by atoms with van der Waals surface area (Å²) in [5.41, 5.74) is 0. The molecule has 0 fully saturated rings. The maximum Gasteiger partial charge on any atom is 0.187 e. The fraction of sp³-hybridized carbons (Fsp3) is 0.125. The van der Waals surface area contributed by atoms with Gasteiger partial charge in [0.1, 0.15) is 0 Å². The molecule has 0 aromatic carbocycles. The largest absolute Gasteiger partial charge is 0.231 e. The van der Waals surface area contributed by atoms with Crippen molar-refractivity contribution in [1.82, 2.24) is 9.97 Å². The second-order valence-corrected chi connectivity index (χ2v) is 2.86. The zero-order valence-corrected chi connectivity index (χ0v) is 7.16. The Labute approximate surface area is 75.2 Å². The highest BCUT2D eigenvalue weighted by Gasteiger charge is 1.90. The molecule has 4 heteroatoms. The highest BCUT2D eigenvalue weighted by molar-refractivity contribution is 7.99. The number of rotatable bonds is 3. The highest BCUT2D eigenvalue weighted by atomic mass is 32.2. The van der Waals surface area contributed by atoms with E-state index in [9.17, 15) is 0 Å². The molecule has 1 rings (SSSR count). The van der Waals surface area contributed by atoms with E-state index in [4.69, 9.17) is 5.26 Å². The van der Waals surface area contributed by atoms with Gasteiger partial charge in [-0.15, -0.1) is 0 Å². The summed E-state index contributed by atoms with van der Waals surface area (Å²) in [6.07, 6.45) is 6.63. The van der Waals surface area contributed by atoms with Crippen LogP contribution in [0, 0.1) is 11.3 Å². The maximum absolute atomic E-state index is 8.19. The van der Waals surface area contributed by atoms with Crippen LogP contribution in [0.5, 0.6) is 0 Å². The second-order valence-electron chi connectivity index (χ2n) is 1.87. The summed E-state index contributed by atoms with van der Waals surface area (Å²) in [5.74, 6) is 0.734. The molecule has 0 aliphatic rings. The third-order valence-corrected chi connectivity index (χ3v) is 1.87. The lowest BCUT2D eigenvalue weighted by Crippen LogP contribution is -1.83. The molecular weight excluding hydrogens is 170 g/mol. The van der Waals surface area contributed by atoms with Crippen molar-refractivity contribution < 1.29 is 0 Å². The Kier molecular flexibility index (Phi) is 3.89. The third-order valence-electron chi connectivity index (χ3n) is 1.04. The molecular formula is C8H7N3S. The van der Waals surface area contributed by atoms with Crippen molar-refractivity contribution in [2.75, 3.05) is 5.75 Å². The van der Waals surface area contributed by atoms with Crippen LogP contribution in [0.1, 0.15) is 0 Å². The van der Waals surface area contributed by atoms with E-state index >= 15 is 0 Å². The molecule has 0 amide bonds. The van der Waals surface area contributed by atoms with Gasteiger partial charge in [-0.25, -0.2) is 9.97 Å². The van der Waals surface area contributed by atoms with Crippen LogP contribution in [0.4, 0.5) is 0 Å². The van der Waals surface area contributed by atoms with Crippen molar-refractivity contribution in [3.63, 3.8) is 0 Å². The molecule has 0 unspecified atom stereocenters. The van der Waals surface area contributed by atoms with Crippen LogP contribution in [0.3, 0.4) is 0 Å². The van der Waals surface area contributed by atoms with Gasteiger partial charge in [-0.1, -0.05) is 17.8 Å². The Balaban J connectivity index is 2.35. The van der Waals surface area contributed by atoms with Crippen LogP contribution in [0.25, 0.3) is 0 Å². The van der Waals surface area contributed by atoms with Gasteiger partial charge in [0.2, 0.25) is 0 Å². The van der Waals surface area contributed by atoms with Crippen LogP contribution in [0.2, 0.25) is 0 Å². The number of hydrogen-bond acceptors (Lipinski definition) is 4. The minimum Gasteiger partial charge on any atom is -0.231 e. The molecule has 0 spiro atoms. The van der Waals surface area contributed by atoms with E-state index in [1.54, 1.807) is 24.5 Å². The van der Waals surface area contributed by atoms with Crippen molar-refractivity contribution in [2.24, 2.45) is 0 Å². The van der Waals surface area contributed by atoms with Crippen molar-refractivity contribution in [3.8, 4) is 6.07 Å². The molecule has 0 radical (unpaired) electrons. The number of thioether (sulfide) groups is 1. The Bertz CT molecular complexity index is 289. The van der Waals surface area contributed by atoms with E-state index < -0.39 is 0 Å². The molecule has 60 valence electrons. The minimum absolute atomic E-state index is 0.734. The SMILES string of the molecule is N#C/C=C/CSc1ncccn1.